The van der Waals surface area contributed by atoms with E-state index in [1.165, 1.54) is 6.07 Å². The van der Waals surface area contributed by atoms with Gasteiger partial charge in [-0.1, -0.05) is 0 Å². The molecule has 0 saturated heterocycles. The molecule has 2 rings (SSSR count). The largest absolute Gasteiger partial charge is 0.433 e. The van der Waals surface area contributed by atoms with Gasteiger partial charge in [-0.15, -0.1) is 0 Å². The molecule has 1 heterocycles. The third-order valence-electron chi connectivity index (χ3n) is 2.42. The van der Waals surface area contributed by atoms with Crippen LogP contribution in [0.3, 0.4) is 0 Å². The number of nitrogens with one attached hydrogen (secondary N) is 1. The van der Waals surface area contributed by atoms with Gasteiger partial charge in [-0.3, -0.25) is 0 Å². The SMILES string of the molecule is Nc1cnc(C(F)(F)F)cc1Nc1ccc(F)c(F)c1. The minimum atomic E-state index is -4.63. The number of benzene rings is 1. The molecule has 0 amide bonds. The molecule has 0 bridgehead atoms. The number of alkyl halides is 3. The predicted octanol–water partition coefficient (Wildman–Crippen LogP) is 3.70. The maximum absolute atomic E-state index is 13.0. The normalized spacial score (nSPS) is 11.4. The Hall–Kier alpha value is -2.38. The van der Waals surface area contributed by atoms with Crippen molar-refractivity contribution in [3.8, 4) is 0 Å². The van der Waals surface area contributed by atoms with Gasteiger partial charge in [0.15, 0.2) is 11.6 Å². The first kappa shape index (κ1) is 14.0. The summed E-state index contributed by atoms with van der Waals surface area (Å²) in [4.78, 5) is 3.16. The lowest BCUT2D eigenvalue weighted by atomic mass is 10.2. The van der Waals surface area contributed by atoms with E-state index in [0.29, 0.717) is 6.07 Å². The van der Waals surface area contributed by atoms with Crippen molar-refractivity contribution in [2.24, 2.45) is 0 Å². The molecule has 106 valence electrons. The van der Waals surface area contributed by atoms with Crippen molar-refractivity contribution in [3.63, 3.8) is 0 Å². The smallest absolute Gasteiger partial charge is 0.396 e. The van der Waals surface area contributed by atoms with Crippen molar-refractivity contribution in [1.82, 2.24) is 4.98 Å². The standard InChI is InChI=1S/C12H8F5N3/c13-7-2-1-6(3-8(7)14)20-10-4-11(12(15,16)17)19-5-9(10)18/h1-5H,18H2,(H,19,20). The number of pyridine rings is 1. The third-order valence-corrected chi connectivity index (χ3v) is 2.42. The van der Waals surface area contributed by atoms with Crippen molar-refractivity contribution >= 4 is 17.1 Å². The highest BCUT2D eigenvalue weighted by atomic mass is 19.4. The Labute approximate surface area is 110 Å². The number of nitrogens with zero attached hydrogens (tertiary/aromatic N) is 1. The van der Waals surface area contributed by atoms with Crippen molar-refractivity contribution in [1.29, 1.82) is 0 Å². The fourth-order valence-corrected chi connectivity index (χ4v) is 1.46. The fraction of sp³-hybridized carbons (Fsp3) is 0.0833. The van der Waals surface area contributed by atoms with E-state index < -0.39 is 23.5 Å². The molecule has 20 heavy (non-hydrogen) atoms. The molecule has 0 spiro atoms. The van der Waals surface area contributed by atoms with Crippen LogP contribution < -0.4 is 11.1 Å². The number of nitrogens with two attached hydrogens (primary N) is 1. The third kappa shape index (κ3) is 2.95. The summed E-state index contributed by atoms with van der Waals surface area (Å²) in [6.45, 7) is 0. The van der Waals surface area contributed by atoms with Gasteiger partial charge in [0.2, 0.25) is 0 Å². The highest BCUT2D eigenvalue weighted by molar-refractivity contribution is 5.72. The molecule has 0 radical (unpaired) electrons. The molecule has 0 atom stereocenters. The lowest BCUT2D eigenvalue weighted by molar-refractivity contribution is -0.141. The van der Waals surface area contributed by atoms with Crippen LogP contribution in [0.1, 0.15) is 5.69 Å². The van der Waals surface area contributed by atoms with E-state index in [9.17, 15) is 22.0 Å². The second-order valence-electron chi connectivity index (χ2n) is 3.91. The summed E-state index contributed by atoms with van der Waals surface area (Å²) in [5.74, 6) is -2.19. The van der Waals surface area contributed by atoms with Crippen LogP contribution in [0.25, 0.3) is 0 Å². The number of nitrogen functional groups attached to an aromatic ring is 1. The second-order valence-corrected chi connectivity index (χ2v) is 3.91. The Morgan fingerprint density at radius 1 is 1.05 bits per heavy atom. The number of anilines is 3. The lowest BCUT2D eigenvalue weighted by Gasteiger charge is -2.12. The number of halogens is 5. The van der Waals surface area contributed by atoms with Gasteiger partial charge in [0.05, 0.1) is 17.6 Å². The van der Waals surface area contributed by atoms with E-state index in [-0.39, 0.29) is 17.1 Å². The molecule has 1 aromatic carbocycles. The molecule has 0 unspecified atom stereocenters. The van der Waals surface area contributed by atoms with E-state index in [4.69, 9.17) is 5.73 Å². The van der Waals surface area contributed by atoms with Crippen LogP contribution in [-0.4, -0.2) is 4.98 Å². The van der Waals surface area contributed by atoms with Gasteiger partial charge in [0.25, 0.3) is 0 Å². The summed E-state index contributed by atoms with van der Waals surface area (Å²) in [6, 6.07) is 3.52. The minimum absolute atomic E-state index is 0.0530. The molecular formula is C12H8F5N3. The summed E-state index contributed by atoms with van der Waals surface area (Å²) in [5, 5.41) is 2.48. The number of rotatable bonds is 2. The summed E-state index contributed by atoms with van der Waals surface area (Å²) in [7, 11) is 0. The van der Waals surface area contributed by atoms with Gasteiger partial charge in [-0.25, -0.2) is 13.8 Å². The van der Waals surface area contributed by atoms with Crippen LogP contribution in [-0.2, 0) is 6.18 Å². The molecule has 0 fully saturated rings. The van der Waals surface area contributed by atoms with Crippen molar-refractivity contribution in [2.75, 3.05) is 11.1 Å². The van der Waals surface area contributed by atoms with Gasteiger partial charge in [-0.05, 0) is 18.2 Å². The van der Waals surface area contributed by atoms with Crippen LogP contribution in [0.4, 0.5) is 39.0 Å². The van der Waals surface area contributed by atoms with E-state index in [2.05, 4.69) is 10.3 Å². The maximum Gasteiger partial charge on any atom is 0.433 e. The Morgan fingerprint density at radius 3 is 2.35 bits per heavy atom. The number of aromatic nitrogens is 1. The molecule has 0 saturated carbocycles. The zero-order chi connectivity index (χ0) is 14.9. The highest BCUT2D eigenvalue weighted by Gasteiger charge is 2.33. The average molecular weight is 289 g/mol. The topological polar surface area (TPSA) is 50.9 Å². The lowest BCUT2D eigenvalue weighted by Crippen LogP contribution is -2.09. The quantitative estimate of drug-likeness (QED) is 0.829. The number of hydrogen-bond acceptors (Lipinski definition) is 3. The van der Waals surface area contributed by atoms with Crippen LogP contribution in [0.5, 0.6) is 0 Å². The Balaban J connectivity index is 2.35. The molecule has 2 aromatic rings. The van der Waals surface area contributed by atoms with Crippen LogP contribution in [0.2, 0.25) is 0 Å². The van der Waals surface area contributed by atoms with Gasteiger partial charge in [0.1, 0.15) is 5.69 Å². The molecule has 8 heteroatoms. The zero-order valence-electron chi connectivity index (χ0n) is 9.80. The fourth-order valence-electron chi connectivity index (χ4n) is 1.46. The van der Waals surface area contributed by atoms with Crippen LogP contribution in [0.15, 0.2) is 30.5 Å². The molecule has 0 aliphatic heterocycles. The first-order chi connectivity index (χ1) is 9.27. The molecule has 1 aromatic heterocycles. The van der Waals surface area contributed by atoms with E-state index >= 15 is 0 Å². The first-order valence-corrected chi connectivity index (χ1v) is 5.32. The summed E-state index contributed by atoms with van der Waals surface area (Å²) in [6.07, 6.45) is -3.79. The monoisotopic (exact) mass is 289 g/mol. The van der Waals surface area contributed by atoms with Crippen molar-refractivity contribution in [3.05, 3.63) is 47.8 Å². The van der Waals surface area contributed by atoms with Gasteiger partial charge in [0, 0.05) is 11.8 Å². The Kier molecular flexibility index (Phi) is 3.47. The summed E-state index contributed by atoms with van der Waals surface area (Å²) in [5.41, 5.74) is 4.26. The summed E-state index contributed by atoms with van der Waals surface area (Å²) < 4.78 is 63.3. The second kappa shape index (κ2) is 4.95. The minimum Gasteiger partial charge on any atom is -0.396 e. The van der Waals surface area contributed by atoms with Gasteiger partial charge in [-0.2, -0.15) is 13.2 Å². The van der Waals surface area contributed by atoms with Crippen LogP contribution >= 0.6 is 0 Å². The number of hydrogen-bond donors (Lipinski definition) is 2. The van der Waals surface area contributed by atoms with Gasteiger partial charge >= 0.3 is 6.18 Å². The molecule has 3 N–H and O–H groups in total. The van der Waals surface area contributed by atoms with Crippen molar-refractivity contribution in [2.45, 2.75) is 6.18 Å². The zero-order valence-corrected chi connectivity index (χ0v) is 9.80. The Bertz CT molecular complexity index is 639. The highest BCUT2D eigenvalue weighted by Crippen LogP contribution is 2.32. The van der Waals surface area contributed by atoms with Crippen molar-refractivity contribution < 1.29 is 22.0 Å². The van der Waals surface area contributed by atoms with E-state index in [1.54, 1.807) is 0 Å². The molecule has 0 aliphatic carbocycles. The molecule has 3 nitrogen and oxygen atoms in total. The van der Waals surface area contributed by atoms with E-state index in [1.807, 2.05) is 0 Å². The Morgan fingerprint density at radius 2 is 1.75 bits per heavy atom. The van der Waals surface area contributed by atoms with Crippen LogP contribution in [0, 0.1) is 11.6 Å². The summed E-state index contributed by atoms with van der Waals surface area (Å²) >= 11 is 0. The first-order valence-electron chi connectivity index (χ1n) is 5.32. The predicted molar refractivity (Wildman–Crippen MR) is 63.3 cm³/mol. The molecule has 0 aliphatic rings. The van der Waals surface area contributed by atoms with Gasteiger partial charge < -0.3 is 11.1 Å². The maximum atomic E-state index is 13.0. The average Bonchev–Trinajstić information content (AvgIpc) is 2.35. The molecular weight excluding hydrogens is 281 g/mol. The van der Waals surface area contributed by atoms with E-state index in [0.717, 1.165) is 18.3 Å².